The SMILES string of the molecule is Cc1ccc(S(=O)(=O)N=C2N(c3ccccc3)C(c3ccccc3)C2(C)C)cc1. The summed E-state index contributed by atoms with van der Waals surface area (Å²) in [5, 5.41) is 0. The van der Waals surface area contributed by atoms with Gasteiger partial charge in [0.2, 0.25) is 0 Å². The van der Waals surface area contributed by atoms with Crippen LogP contribution < -0.4 is 4.90 Å². The smallest absolute Gasteiger partial charge is 0.283 e. The van der Waals surface area contributed by atoms with E-state index in [-0.39, 0.29) is 10.9 Å². The molecule has 5 heteroatoms. The zero-order valence-electron chi connectivity index (χ0n) is 16.8. The Hall–Kier alpha value is -2.92. The molecule has 0 aliphatic carbocycles. The quantitative estimate of drug-likeness (QED) is 0.587. The largest absolute Gasteiger partial charge is 0.320 e. The van der Waals surface area contributed by atoms with Crippen molar-refractivity contribution in [1.29, 1.82) is 0 Å². The summed E-state index contributed by atoms with van der Waals surface area (Å²) in [7, 11) is -3.81. The van der Waals surface area contributed by atoms with E-state index in [1.54, 1.807) is 24.3 Å². The predicted molar refractivity (Wildman–Crippen MR) is 118 cm³/mol. The summed E-state index contributed by atoms with van der Waals surface area (Å²) < 4.78 is 30.4. The summed E-state index contributed by atoms with van der Waals surface area (Å²) in [6.45, 7) is 6.03. The van der Waals surface area contributed by atoms with Crippen molar-refractivity contribution in [2.75, 3.05) is 4.90 Å². The van der Waals surface area contributed by atoms with Gasteiger partial charge in [0.25, 0.3) is 10.0 Å². The summed E-state index contributed by atoms with van der Waals surface area (Å²) in [6.07, 6.45) is 0. The molecule has 1 unspecified atom stereocenters. The van der Waals surface area contributed by atoms with Crippen molar-refractivity contribution in [3.8, 4) is 0 Å². The maximum atomic E-state index is 13.0. The third kappa shape index (κ3) is 3.47. The monoisotopic (exact) mass is 404 g/mol. The first-order valence-electron chi connectivity index (χ1n) is 9.62. The molecule has 1 aliphatic rings. The fourth-order valence-corrected chi connectivity index (χ4v) is 5.05. The number of para-hydroxylation sites is 1. The van der Waals surface area contributed by atoms with Gasteiger partial charge in [-0.05, 0) is 36.8 Å². The van der Waals surface area contributed by atoms with Gasteiger partial charge in [0.15, 0.2) is 0 Å². The Morgan fingerprint density at radius 1 is 0.828 bits per heavy atom. The van der Waals surface area contributed by atoms with Gasteiger partial charge in [-0.3, -0.25) is 0 Å². The van der Waals surface area contributed by atoms with Crippen LogP contribution in [0.4, 0.5) is 5.69 Å². The zero-order chi connectivity index (χ0) is 20.6. The molecular formula is C24H24N2O2S. The average molecular weight is 405 g/mol. The van der Waals surface area contributed by atoms with E-state index in [0.29, 0.717) is 5.84 Å². The lowest BCUT2D eigenvalue weighted by Gasteiger charge is -2.56. The van der Waals surface area contributed by atoms with E-state index in [0.717, 1.165) is 16.8 Å². The zero-order valence-corrected chi connectivity index (χ0v) is 17.6. The molecule has 0 spiro atoms. The van der Waals surface area contributed by atoms with Crippen LogP contribution in [0.25, 0.3) is 0 Å². The maximum absolute atomic E-state index is 13.0. The second-order valence-electron chi connectivity index (χ2n) is 7.94. The Morgan fingerprint density at radius 3 is 1.97 bits per heavy atom. The summed E-state index contributed by atoms with van der Waals surface area (Å²) in [4.78, 5) is 2.24. The third-order valence-corrected chi connectivity index (χ3v) is 6.70. The number of hydrogen-bond donors (Lipinski definition) is 0. The van der Waals surface area contributed by atoms with Crippen LogP contribution in [0.15, 0.2) is 94.2 Å². The highest BCUT2D eigenvalue weighted by atomic mass is 32.2. The summed E-state index contributed by atoms with van der Waals surface area (Å²) in [5.41, 5.74) is 2.64. The molecule has 0 N–H and O–H groups in total. The lowest BCUT2D eigenvalue weighted by Crippen LogP contribution is -2.61. The molecule has 148 valence electrons. The van der Waals surface area contributed by atoms with Crippen LogP contribution in [0.1, 0.15) is 31.0 Å². The van der Waals surface area contributed by atoms with E-state index in [9.17, 15) is 8.42 Å². The average Bonchev–Trinajstić information content (AvgIpc) is 2.72. The van der Waals surface area contributed by atoms with Crippen LogP contribution in [0, 0.1) is 12.3 Å². The fourth-order valence-electron chi connectivity index (χ4n) is 3.91. The molecule has 1 heterocycles. The van der Waals surface area contributed by atoms with E-state index in [2.05, 4.69) is 16.5 Å². The van der Waals surface area contributed by atoms with Gasteiger partial charge < -0.3 is 4.90 Å². The van der Waals surface area contributed by atoms with E-state index in [1.165, 1.54) is 0 Å². The number of nitrogens with zero attached hydrogens (tertiary/aromatic N) is 2. The minimum atomic E-state index is -3.81. The summed E-state index contributed by atoms with van der Waals surface area (Å²) >= 11 is 0. The number of sulfonamides is 1. The van der Waals surface area contributed by atoms with Gasteiger partial charge in [-0.15, -0.1) is 4.40 Å². The van der Waals surface area contributed by atoms with Crippen LogP contribution in [0.5, 0.6) is 0 Å². The van der Waals surface area contributed by atoms with Crippen molar-refractivity contribution in [2.24, 2.45) is 9.81 Å². The third-order valence-electron chi connectivity index (χ3n) is 5.42. The Morgan fingerprint density at radius 2 is 1.38 bits per heavy atom. The van der Waals surface area contributed by atoms with Crippen molar-refractivity contribution < 1.29 is 8.42 Å². The summed E-state index contributed by atoms with van der Waals surface area (Å²) in [6, 6.07) is 26.8. The van der Waals surface area contributed by atoms with Crippen molar-refractivity contribution in [2.45, 2.75) is 31.7 Å². The molecule has 1 saturated heterocycles. The van der Waals surface area contributed by atoms with Gasteiger partial charge in [-0.25, -0.2) is 0 Å². The fraction of sp³-hybridized carbons (Fsp3) is 0.208. The molecule has 3 aromatic rings. The number of benzene rings is 3. The Balaban J connectivity index is 1.83. The van der Waals surface area contributed by atoms with Gasteiger partial charge in [0.1, 0.15) is 5.84 Å². The molecule has 1 fully saturated rings. The molecule has 1 atom stereocenters. The van der Waals surface area contributed by atoms with Crippen LogP contribution >= 0.6 is 0 Å². The van der Waals surface area contributed by atoms with Crippen LogP contribution in [-0.2, 0) is 10.0 Å². The number of anilines is 1. The van der Waals surface area contributed by atoms with E-state index in [4.69, 9.17) is 0 Å². The van der Waals surface area contributed by atoms with Gasteiger partial charge in [0, 0.05) is 11.1 Å². The first-order chi connectivity index (χ1) is 13.8. The van der Waals surface area contributed by atoms with Crippen molar-refractivity contribution in [3.05, 3.63) is 96.1 Å². The molecular weight excluding hydrogens is 380 g/mol. The molecule has 3 aromatic carbocycles. The minimum absolute atomic E-state index is 0.00179. The van der Waals surface area contributed by atoms with Crippen molar-refractivity contribution in [3.63, 3.8) is 0 Å². The van der Waals surface area contributed by atoms with Crippen LogP contribution in [0.3, 0.4) is 0 Å². The molecule has 4 nitrogen and oxygen atoms in total. The second-order valence-corrected chi connectivity index (χ2v) is 9.55. The van der Waals surface area contributed by atoms with E-state index in [1.807, 2.05) is 74.2 Å². The Bertz CT molecular complexity index is 1140. The predicted octanol–water partition coefficient (Wildman–Crippen LogP) is 5.37. The maximum Gasteiger partial charge on any atom is 0.283 e. The van der Waals surface area contributed by atoms with Crippen LogP contribution in [-0.4, -0.2) is 14.3 Å². The lowest BCUT2D eigenvalue weighted by atomic mass is 9.70. The molecule has 0 amide bonds. The van der Waals surface area contributed by atoms with Gasteiger partial charge >= 0.3 is 0 Å². The van der Waals surface area contributed by atoms with Crippen molar-refractivity contribution in [1.82, 2.24) is 0 Å². The molecule has 1 aliphatic heterocycles. The Labute approximate surface area is 172 Å². The number of aryl methyl sites for hydroxylation is 1. The molecule has 0 aromatic heterocycles. The molecule has 0 bridgehead atoms. The van der Waals surface area contributed by atoms with Gasteiger partial charge in [-0.1, -0.05) is 80.1 Å². The molecule has 4 rings (SSSR count). The number of amidine groups is 1. The molecule has 0 radical (unpaired) electrons. The lowest BCUT2D eigenvalue weighted by molar-refractivity contribution is 0.339. The first kappa shape index (κ1) is 19.4. The highest BCUT2D eigenvalue weighted by Crippen LogP contribution is 2.52. The molecule has 29 heavy (non-hydrogen) atoms. The highest BCUT2D eigenvalue weighted by molar-refractivity contribution is 7.90. The second kappa shape index (κ2) is 7.16. The number of rotatable bonds is 4. The Kier molecular flexibility index (Phi) is 4.79. The molecule has 0 saturated carbocycles. The summed E-state index contributed by atoms with van der Waals surface area (Å²) in [5.74, 6) is 0.554. The standard InChI is InChI=1S/C24H24N2O2S/c1-18-14-16-21(17-15-18)29(27,28)25-23-24(2,3)22(19-10-6-4-7-11-19)26(23)20-12-8-5-9-13-20/h4-17,22H,1-3H3. The van der Waals surface area contributed by atoms with Gasteiger partial charge in [-0.2, -0.15) is 8.42 Å². The minimum Gasteiger partial charge on any atom is -0.320 e. The van der Waals surface area contributed by atoms with E-state index < -0.39 is 15.4 Å². The van der Waals surface area contributed by atoms with Gasteiger partial charge in [0.05, 0.1) is 10.9 Å². The van der Waals surface area contributed by atoms with E-state index >= 15 is 0 Å². The highest BCUT2D eigenvalue weighted by Gasteiger charge is 2.54. The normalized spacial score (nSPS) is 19.8. The first-order valence-corrected chi connectivity index (χ1v) is 11.1. The number of hydrogen-bond acceptors (Lipinski definition) is 2. The van der Waals surface area contributed by atoms with Crippen LogP contribution in [0.2, 0.25) is 0 Å². The van der Waals surface area contributed by atoms with Crippen molar-refractivity contribution >= 4 is 21.5 Å². The topological polar surface area (TPSA) is 49.7 Å².